The van der Waals surface area contributed by atoms with E-state index in [0.717, 1.165) is 18.0 Å². The number of ether oxygens (including phenoxy) is 1. The van der Waals surface area contributed by atoms with Crippen molar-refractivity contribution in [1.29, 1.82) is 0 Å². The molecule has 0 aromatic heterocycles. The third-order valence-electron chi connectivity index (χ3n) is 4.45. The molecule has 1 aromatic carbocycles. The summed E-state index contributed by atoms with van der Waals surface area (Å²) >= 11 is 0. The molecule has 2 rings (SSSR count). The van der Waals surface area contributed by atoms with Gasteiger partial charge in [0.25, 0.3) is 0 Å². The largest absolute Gasteiger partial charge is 0.494 e. The van der Waals surface area contributed by atoms with E-state index in [0.29, 0.717) is 25.2 Å². The van der Waals surface area contributed by atoms with Crippen molar-refractivity contribution in [3.05, 3.63) is 24.3 Å². The molecule has 23 heavy (non-hydrogen) atoms. The van der Waals surface area contributed by atoms with Gasteiger partial charge in [-0.15, -0.1) is 0 Å². The Morgan fingerprint density at radius 3 is 2.48 bits per heavy atom. The average molecular weight is 319 g/mol. The van der Waals surface area contributed by atoms with E-state index in [1.807, 2.05) is 31.2 Å². The normalized spacial score (nSPS) is 21.7. The maximum atomic E-state index is 12.0. The second kappa shape index (κ2) is 8.77. The number of rotatable bonds is 6. The van der Waals surface area contributed by atoms with Crippen LogP contribution >= 0.6 is 0 Å². The SMILES string of the molecule is CCOc1ccc(NC(=O)NCCN2[C@H](C)CCC[C@@H]2C)cc1. The van der Waals surface area contributed by atoms with Gasteiger partial charge in [-0.3, -0.25) is 4.90 Å². The van der Waals surface area contributed by atoms with Gasteiger partial charge in [-0.25, -0.2) is 4.79 Å². The zero-order chi connectivity index (χ0) is 16.7. The number of amides is 2. The van der Waals surface area contributed by atoms with Gasteiger partial charge in [0.2, 0.25) is 0 Å². The molecule has 1 aliphatic heterocycles. The van der Waals surface area contributed by atoms with Gasteiger partial charge in [-0.2, -0.15) is 0 Å². The number of hydrogen-bond donors (Lipinski definition) is 2. The monoisotopic (exact) mass is 319 g/mol. The third-order valence-corrected chi connectivity index (χ3v) is 4.45. The molecule has 1 heterocycles. The second-order valence-corrected chi connectivity index (χ2v) is 6.21. The predicted molar refractivity (Wildman–Crippen MR) is 94.1 cm³/mol. The van der Waals surface area contributed by atoms with Crippen molar-refractivity contribution in [2.45, 2.75) is 52.1 Å². The van der Waals surface area contributed by atoms with Crippen molar-refractivity contribution in [3.8, 4) is 5.75 Å². The molecule has 0 unspecified atom stereocenters. The van der Waals surface area contributed by atoms with Crippen LogP contribution in [0.5, 0.6) is 5.75 Å². The molecule has 1 aromatic rings. The van der Waals surface area contributed by atoms with Crippen molar-refractivity contribution >= 4 is 11.7 Å². The van der Waals surface area contributed by atoms with E-state index >= 15 is 0 Å². The number of hydrogen-bond acceptors (Lipinski definition) is 3. The minimum atomic E-state index is -0.161. The number of nitrogens with one attached hydrogen (secondary N) is 2. The van der Waals surface area contributed by atoms with Gasteiger partial charge in [0, 0.05) is 30.9 Å². The van der Waals surface area contributed by atoms with Crippen LogP contribution in [0.3, 0.4) is 0 Å². The molecule has 5 nitrogen and oxygen atoms in total. The molecule has 1 saturated heterocycles. The van der Waals surface area contributed by atoms with Crippen LogP contribution < -0.4 is 15.4 Å². The number of anilines is 1. The van der Waals surface area contributed by atoms with Crippen molar-refractivity contribution < 1.29 is 9.53 Å². The number of nitrogens with zero attached hydrogens (tertiary/aromatic N) is 1. The molecule has 2 atom stereocenters. The molecular formula is C18H29N3O2. The van der Waals surface area contributed by atoms with Gasteiger partial charge in [0.05, 0.1) is 6.61 Å². The van der Waals surface area contributed by atoms with Crippen LogP contribution in [0.4, 0.5) is 10.5 Å². The van der Waals surface area contributed by atoms with Crippen LogP contribution in [0, 0.1) is 0 Å². The summed E-state index contributed by atoms with van der Waals surface area (Å²) < 4.78 is 5.38. The van der Waals surface area contributed by atoms with E-state index in [1.165, 1.54) is 19.3 Å². The highest BCUT2D eigenvalue weighted by Crippen LogP contribution is 2.21. The second-order valence-electron chi connectivity index (χ2n) is 6.21. The quantitative estimate of drug-likeness (QED) is 0.844. The first kappa shape index (κ1) is 17.6. The first-order valence-corrected chi connectivity index (χ1v) is 8.63. The molecule has 128 valence electrons. The first-order chi connectivity index (χ1) is 11.1. The molecule has 5 heteroatoms. The molecule has 0 saturated carbocycles. The zero-order valence-electron chi connectivity index (χ0n) is 14.5. The fraction of sp³-hybridized carbons (Fsp3) is 0.611. The summed E-state index contributed by atoms with van der Waals surface area (Å²) in [6.07, 6.45) is 3.82. The summed E-state index contributed by atoms with van der Waals surface area (Å²) in [5, 5.41) is 5.78. The Balaban J connectivity index is 1.72. The number of likely N-dealkylation sites (tertiary alicyclic amines) is 1. The highest BCUT2D eigenvalue weighted by Gasteiger charge is 2.23. The van der Waals surface area contributed by atoms with Crippen LogP contribution in [0.1, 0.15) is 40.0 Å². The summed E-state index contributed by atoms with van der Waals surface area (Å²) in [6, 6.07) is 8.46. The van der Waals surface area contributed by atoms with Crippen LogP contribution in [-0.4, -0.2) is 42.7 Å². The highest BCUT2D eigenvalue weighted by atomic mass is 16.5. The minimum absolute atomic E-state index is 0.161. The zero-order valence-corrected chi connectivity index (χ0v) is 14.5. The number of benzene rings is 1. The highest BCUT2D eigenvalue weighted by molar-refractivity contribution is 5.89. The lowest BCUT2D eigenvalue weighted by Gasteiger charge is -2.39. The van der Waals surface area contributed by atoms with E-state index in [4.69, 9.17) is 4.74 Å². The maximum absolute atomic E-state index is 12.0. The van der Waals surface area contributed by atoms with Crippen LogP contribution in [-0.2, 0) is 0 Å². The Morgan fingerprint density at radius 1 is 1.22 bits per heavy atom. The summed E-state index contributed by atoms with van der Waals surface area (Å²) in [7, 11) is 0. The van der Waals surface area contributed by atoms with E-state index in [-0.39, 0.29) is 6.03 Å². The Morgan fingerprint density at radius 2 is 1.87 bits per heavy atom. The lowest BCUT2D eigenvalue weighted by Crippen LogP contribution is -2.47. The number of carbonyl (C=O) groups excluding carboxylic acids is 1. The smallest absolute Gasteiger partial charge is 0.319 e. The fourth-order valence-electron chi connectivity index (χ4n) is 3.19. The fourth-order valence-corrected chi connectivity index (χ4v) is 3.19. The lowest BCUT2D eigenvalue weighted by atomic mass is 9.98. The standard InChI is InChI=1S/C18H29N3O2/c1-4-23-17-10-8-16(9-11-17)20-18(22)19-12-13-21-14(2)6-5-7-15(21)3/h8-11,14-15H,4-7,12-13H2,1-3H3,(H2,19,20,22)/t14-,15+. The van der Waals surface area contributed by atoms with Gasteiger partial charge in [-0.05, 0) is 57.9 Å². The molecule has 0 spiro atoms. The third kappa shape index (κ3) is 5.43. The Labute approximate surface area is 139 Å². The Bertz CT molecular complexity index is 480. The van der Waals surface area contributed by atoms with Crippen LogP contribution in [0.15, 0.2) is 24.3 Å². The summed E-state index contributed by atoms with van der Waals surface area (Å²) in [6.45, 7) is 8.70. The first-order valence-electron chi connectivity index (χ1n) is 8.63. The summed E-state index contributed by atoms with van der Waals surface area (Å²) in [4.78, 5) is 14.4. The summed E-state index contributed by atoms with van der Waals surface area (Å²) in [5.41, 5.74) is 0.769. The number of urea groups is 1. The molecule has 2 amide bonds. The van der Waals surface area contributed by atoms with E-state index in [9.17, 15) is 4.79 Å². The van der Waals surface area contributed by atoms with Crippen molar-refractivity contribution in [3.63, 3.8) is 0 Å². The molecule has 0 aliphatic carbocycles. The van der Waals surface area contributed by atoms with Gasteiger partial charge < -0.3 is 15.4 Å². The predicted octanol–water partition coefficient (Wildman–Crippen LogP) is 3.47. The molecular weight excluding hydrogens is 290 g/mol. The Hall–Kier alpha value is -1.75. The lowest BCUT2D eigenvalue weighted by molar-refractivity contribution is 0.105. The molecule has 2 N–H and O–H groups in total. The Kier molecular flexibility index (Phi) is 6.71. The van der Waals surface area contributed by atoms with Crippen molar-refractivity contribution in [1.82, 2.24) is 10.2 Å². The van der Waals surface area contributed by atoms with Crippen molar-refractivity contribution in [2.24, 2.45) is 0 Å². The van der Waals surface area contributed by atoms with Crippen LogP contribution in [0.25, 0.3) is 0 Å². The maximum Gasteiger partial charge on any atom is 0.319 e. The van der Waals surface area contributed by atoms with Gasteiger partial charge in [0.1, 0.15) is 5.75 Å². The minimum Gasteiger partial charge on any atom is -0.494 e. The van der Waals surface area contributed by atoms with Gasteiger partial charge >= 0.3 is 6.03 Å². The number of carbonyl (C=O) groups is 1. The van der Waals surface area contributed by atoms with E-state index in [1.54, 1.807) is 0 Å². The van der Waals surface area contributed by atoms with Crippen LogP contribution in [0.2, 0.25) is 0 Å². The van der Waals surface area contributed by atoms with Crippen molar-refractivity contribution in [2.75, 3.05) is 25.0 Å². The van der Waals surface area contributed by atoms with E-state index < -0.39 is 0 Å². The molecule has 1 aliphatic rings. The van der Waals surface area contributed by atoms with E-state index in [2.05, 4.69) is 29.4 Å². The topological polar surface area (TPSA) is 53.6 Å². The molecule has 1 fully saturated rings. The summed E-state index contributed by atoms with van der Waals surface area (Å²) in [5.74, 6) is 0.812. The van der Waals surface area contributed by atoms with Gasteiger partial charge in [0.15, 0.2) is 0 Å². The van der Waals surface area contributed by atoms with Gasteiger partial charge in [-0.1, -0.05) is 6.42 Å². The molecule has 0 radical (unpaired) electrons. The molecule has 0 bridgehead atoms. The average Bonchev–Trinajstić information content (AvgIpc) is 2.52. The number of piperidine rings is 1.